The molecule has 0 saturated carbocycles. The molecule has 1 atom stereocenters. The summed E-state index contributed by atoms with van der Waals surface area (Å²) in [6.45, 7) is 5.85. The van der Waals surface area contributed by atoms with E-state index in [1.165, 1.54) is 141 Å². The van der Waals surface area contributed by atoms with Crippen LogP contribution >= 0.6 is 0 Å². The first-order valence-corrected chi connectivity index (χ1v) is 14.0. The molecular formula is C28H56N2. The molecule has 0 amide bonds. The Hall–Kier alpha value is -0.660. The van der Waals surface area contributed by atoms with Crippen molar-refractivity contribution in [1.82, 2.24) is 9.80 Å². The van der Waals surface area contributed by atoms with Gasteiger partial charge in [-0.25, -0.2) is 0 Å². The third kappa shape index (κ3) is 14.4. The maximum Gasteiger partial charge on any atom is 0.100 e. The maximum atomic E-state index is 2.60. The zero-order valence-corrected chi connectivity index (χ0v) is 21.2. The summed E-state index contributed by atoms with van der Waals surface area (Å²) in [7, 11) is 2.25. The Kier molecular flexibility index (Phi) is 18.5. The van der Waals surface area contributed by atoms with E-state index >= 15 is 0 Å². The van der Waals surface area contributed by atoms with Crippen LogP contribution in [-0.4, -0.2) is 29.6 Å². The van der Waals surface area contributed by atoms with Gasteiger partial charge in [0.15, 0.2) is 0 Å². The molecule has 0 bridgehead atoms. The Labute approximate surface area is 190 Å². The van der Waals surface area contributed by atoms with Crippen LogP contribution in [0.15, 0.2) is 12.4 Å². The van der Waals surface area contributed by atoms with E-state index in [9.17, 15) is 0 Å². The predicted molar refractivity (Wildman–Crippen MR) is 136 cm³/mol. The van der Waals surface area contributed by atoms with Gasteiger partial charge in [0.1, 0.15) is 6.17 Å². The minimum atomic E-state index is 0.623. The zero-order valence-electron chi connectivity index (χ0n) is 21.2. The van der Waals surface area contributed by atoms with Crippen LogP contribution in [0.3, 0.4) is 0 Å². The molecule has 0 aliphatic carbocycles. The minimum Gasteiger partial charge on any atom is -0.359 e. The highest BCUT2D eigenvalue weighted by molar-refractivity contribution is 4.95. The Bertz CT molecular complexity index is 379. The summed E-state index contributed by atoms with van der Waals surface area (Å²) in [6, 6.07) is 0. The second kappa shape index (κ2) is 20.3. The molecule has 1 unspecified atom stereocenters. The average Bonchev–Trinajstić information content (AvgIpc) is 3.10. The highest BCUT2D eigenvalue weighted by Gasteiger charge is 2.22. The smallest absolute Gasteiger partial charge is 0.100 e. The van der Waals surface area contributed by atoms with Crippen molar-refractivity contribution in [3.05, 3.63) is 12.4 Å². The largest absolute Gasteiger partial charge is 0.359 e. The second-order valence-electron chi connectivity index (χ2n) is 9.83. The van der Waals surface area contributed by atoms with Gasteiger partial charge in [0.05, 0.1) is 0 Å². The Morgan fingerprint density at radius 3 is 1.37 bits per heavy atom. The molecule has 0 aromatic heterocycles. The van der Waals surface area contributed by atoms with E-state index in [0.29, 0.717) is 6.17 Å². The van der Waals surface area contributed by atoms with Crippen molar-refractivity contribution in [2.75, 3.05) is 13.6 Å². The van der Waals surface area contributed by atoms with Crippen molar-refractivity contribution < 1.29 is 0 Å². The van der Waals surface area contributed by atoms with Crippen LogP contribution < -0.4 is 0 Å². The van der Waals surface area contributed by atoms with Gasteiger partial charge in [-0.15, -0.1) is 0 Å². The van der Waals surface area contributed by atoms with Crippen molar-refractivity contribution in [2.45, 2.75) is 155 Å². The fraction of sp³-hybridized carbons (Fsp3) is 0.929. The van der Waals surface area contributed by atoms with E-state index < -0.39 is 0 Å². The predicted octanol–water partition coefficient (Wildman–Crippen LogP) is 9.26. The second-order valence-corrected chi connectivity index (χ2v) is 9.83. The van der Waals surface area contributed by atoms with Crippen LogP contribution in [0, 0.1) is 0 Å². The average molecular weight is 421 g/mol. The molecule has 0 radical (unpaired) electrons. The summed E-state index contributed by atoms with van der Waals surface area (Å²) in [5.74, 6) is 0. The molecule has 2 heteroatoms. The normalized spacial score (nSPS) is 16.2. The summed E-state index contributed by atoms with van der Waals surface area (Å²) in [6.07, 6.45) is 35.2. The highest BCUT2D eigenvalue weighted by Crippen LogP contribution is 2.21. The molecule has 178 valence electrons. The van der Waals surface area contributed by atoms with Gasteiger partial charge in [-0.05, 0) is 19.3 Å². The molecule has 0 aromatic rings. The van der Waals surface area contributed by atoms with Crippen LogP contribution in [0.2, 0.25) is 0 Å². The van der Waals surface area contributed by atoms with Crippen molar-refractivity contribution in [1.29, 1.82) is 0 Å². The summed E-state index contributed by atoms with van der Waals surface area (Å²) >= 11 is 0. The van der Waals surface area contributed by atoms with Crippen LogP contribution in [-0.2, 0) is 0 Å². The molecule has 1 rings (SSSR count). The number of nitrogens with zero attached hydrogens (tertiary/aromatic N) is 2. The lowest BCUT2D eigenvalue weighted by atomic mass is 10.0. The van der Waals surface area contributed by atoms with Crippen LogP contribution in [0.5, 0.6) is 0 Å². The van der Waals surface area contributed by atoms with Crippen LogP contribution in [0.25, 0.3) is 0 Å². The summed E-state index contributed by atoms with van der Waals surface area (Å²) in [5.41, 5.74) is 0. The number of hydrogen-bond acceptors (Lipinski definition) is 2. The fourth-order valence-electron chi connectivity index (χ4n) is 4.81. The highest BCUT2D eigenvalue weighted by atomic mass is 15.4. The minimum absolute atomic E-state index is 0.623. The quantitative estimate of drug-likeness (QED) is 0.161. The summed E-state index contributed by atoms with van der Waals surface area (Å²) < 4.78 is 0. The SMILES string of the molecule is CCCCCCCCCCCCCCCCN1C=CN(C)C1CCCCCCCC. The van der Waals surface area contributed by atoms with Crippen molar-refractivity contribution in [3.8, 4) is 0 Å². The molecule has 0 N–H and O–H groups in total. The summed E-state index contributed by atoms with van der Waals surface area (Å²) in [4.78, 5) is 5.03. The number of hydrogen-bond donors (Lipinski definition) is 0. The molecular weight excluding hydrogens is 364 g/mol. The van der Waals surface area contributed by atoms with E-state index in [-0.39, 0.29) is 0 Å². The monoisotopic (exact) mass is 420 g/mol. The third-order valence-electron chi connectivity index (χ3n) is 6.93. The number of rotatable bonds is 22. The van der Waals surface area contributed by atoms with E-state index in [1.807, 2.05) is 0 Å². The zero-order chi connectivity index (χ0) is 21.7. The lowest BCUT2D eigenvalue weighted by Crippen LogP contribution is -2.37. The Balaban J connectivity index is 1.90. The van der Waals surface area contributed by atoms with E-state index in [1.54, 1.807) is 0 Å². The van der Waals surface area contributed by atoms with Gasteiger partial charge in [0, 0.05) is 26.0 Å². The van der Waals surface area contributed by atoms with Gasteiger partial charge >= 0.3 is 0 Å². The molecule has 0 fully saturated rings. The molecule has 0 saturated heterocycles. The topological polar surface area (TPSA) is 6.48 Å². The molecule has 1 aliphatic rings. The standard InChI is InChI=1S/C28H56N2/c1-4-6-8-10-12-13-14-15-16-17-18-19-21-23-25-30-27-26-29(3)28(30)24-22-20-11-9-7-5-2/h26-28H,4-25H2,1-3H3. The Morgan fingerprint density at radius 2 is 0.900 bits per heavy atom. The van der Waals surface area contributed by atoms with Crippen LogP contribution in [0.1, 0.15) is 149 Å². The van der Waals surface area contributed by atoms with Crippen molar-refractivity contribution in [3.63, 3.8) is 0 Å². The van der Waals surface area contributed by atoms with Gasteiger partial charge in [0.25, 0.3) is 0 Å². The first kappa shape index (κ1) is 27.4. The van der Waals surface area contributed by atoms with Crippen molar-refractivity contribution >= 4 is 0 Å². The molecule has 0 spiro atoms. The van der Waals surface area contributed by atoms with Crippen LogP contribution in [0.4, 0.5) is 0 Å². The van der Waals surface area contributed by atoms with Gasteiger partial charge in [0.2, 0.25) is 0 Å². The van der Waals surface area contributed by atoms with Gasteiger partial charge in [-0.1, -0.05) is 129 Å². The molecule has 1 heterocycles. The summed E-state index contributed by atoms with van der Waals surface area (Å²) in [5, 5.41) is 0. The first-order valence-electron chi connectivity index (χ1n) is 14.0. The van der Waals surface area contributed by atoms with Gasteiger partial charge in [-0.3, -0.25) is 0 Å². The van der Waals surface area contributed by atoms with Gasteiger partial charge < -0.3 is 9.80 Å². The fourth-order valence-corrected chi connectivity index (χ4v) is 4.81. The van der Waals surface area contributed by atoms with Gasteiger partial charge in [-0.2, -0.15) is 0 Å². The molecule has 30 heavy (non-hydrogen) atoms. The molecule has 2 nitrogen and oxygen atoms in total. The third-order valence-corrected chi connectivity index (χ3v) is 6.93. The first-order chi connectivity index (χ1) is 14.8. The lowest BCUT2D eigenvalue weighted by Gasteiger charge is -2.30. The van der Waals surface area contributed by atoms with E-state index in [0.717, 1.165) is 0 Å². The molecule has 0 aromatic carbocycles. The number of unbranched alkanes of at least 4 members (excludes halogenated alkanes) is 18. The maximum absolute atomic E-state index is 2.60. The van der Waals surface area contributed by atoms with E-state index in [2.05, 4.69) is 43.1 Å². The molecule has 1 aliphatic heterocycles. The lowest BCUT2D eigenvalue weighted by molar-refractivity contribution is 0.159. The Morgan fingerprint density at radius 1 is 0.500 bits per heavy atom. The van der Waals surface area contributed by atoms with E-state index in [4.69, 9.17) is 0 Å². The van der Waals surface area contributed by atoms with Crippen molar-refractivity contribution in [2.24, 2.45) is 0 Å².